The molecule has 76 valence electrons. The van der Waals surface area contributed by atoms with Gasteiger partial charge in [-0.15, -0.1) is 0 Å². The third-order valence-corrected chi connectivity index (χ3v) is 2.85. The molecule has 1 aliphatic carbocycles. The Bertz CT molecular complexity index is 331. The van der Waals surface area contributed by atoms with Gasteiger partial charge in [0, 0.05) is 0 Å². The van der Waals surface area contributed by atoms with Crippen molar-refractivity contribution >= 4 is 0 Å². The van der Waals surface area contributed by atoms with Gasteiger partial charge >= 0.3 is 0 Å². The molecule has 0 saturated heterocycles. The zero-order chi connectivity index (χ0) is 10.1. The van der Waals surface area contributed by atoms with Gasteiger partial charge in [-0.1, -0.05) is 18.9 Å². The molecule has 0 spiro atoms. The summed E-state index contributed by atoms with van der Waals surface area (Å²) in [7, 11) is 0. The highest BCUT2D eigenvalue weighted by molar-refractivity contribution is 5.28. The molecular formula is C12H15FO. The molecule has 1 N–H and O–H groups in total. The van der Waals surface area contributed by atoms with Crippen LogP contribution in [0.3, 0.4) is 0 Å². The Kier molecular flexibility index (Phi) is 2.55. The maximum atomic E-state index is 12.9. The van der Waals surface area contributed by atoms with Crippen molar-refractivity contribution in [3.63, 3.8) is 0 Å². The second-order valence-corrected chi connectivity index (χ2v) is 4.20. The van der Waals surface area contributed by atoms with E-state index < -0.39 is 6.10 Å². The van der Waals surface area contributed by atoms with Crippen molar-refractivity contribution in [2.24, 2.45) is 5.92 Å². The van der Waals surface area contributed by atoms with E-state index in [1.165, 1.54) is 25.0 Å². The van der Waals surface area contributed by atoms with Crippen molar-refractivity contribution in [2.45, 2.75) is 32.3 Å². The van der Waals surface area contributed by atoms with Crippen molar-refractivity contribution < 1.29 is 9.50 Å². The molecule has 0 amide bonds. The van der Waals surface area contributed by atoms with Crippen molar-refractivity contribution in [1.29, 1.82) is 0 Å². The second kappa shape index (κ2) is 3.70. The van der Waals surface area contributed by atoms with Gasteiger partial charge in [0.2, 0.25) is 0 Å². The first-order chi connectivity index (χ1) is 6.66. The number of halogens is 1. The SMILES string of the molecule is Cc1ccc(F)cc1C(O)CC1CC1. The first kappa shape index (κ1) is 9.66. The van der Waals surface area contributed by atoms with E-state index in [9.17, 15) is 9.50 Å². The lowest BCUT2D eigenvalue weighted by Crippen LogP contribution is -2.01. The van der Waals surface area contributed by atoms with E-state index in [1.807, 2.05) is 6.92 Å². The van der Waals surface area contributed by atoms with Gasteiger partial charge < -0.3 is 5.11 Å². The lowest BCUT2D eigenvalue weighted by Gasteiger charge is -2.13. The van der Waals surface area contributed by atoms with Crippen LogP contribution in [0.1, 0.15) is 36.5 Å². The maximum absolute atomic E-state index is 12.9. The quantitative estimate of drug-likeness (QED) is 0.784. The van der Waals surface area contributed by atoms with Crippen LogP contribution in [0.4, 0.5) is 4.39 Å². The Balaban J connectivity index is 2.15. The number of rotatable bonds is 3. The van der Waals surface area contributed by atoms with E-state index in [2.05, 4.69) is 0 Å². The van der Waals surface area contributed by atoms with Crippen molar-refractivity contribution in [2.75, 3.05) is 0 Å². The summed E-state index contributed by atoms with van der Waals surface area (Å²) >= 11 is 0. The van der Waals surface area contributed by atoms with Gasteiger partial charge in [-0.3, -0.25) is 0 Å². The molecule has 1 aromatic rings. The molecule has 0 bridgehead atoms. The average Bonchev–Trinajstić information content (AvgIpc) is 2.93. The molecule has 1 fully saturated rings. The minimum atomic E-state index is -0.488. The highest BCUT2D eigenvalue weighted by Gasteiger charge is 2.25. The van der Waals surface area contributed by atoms with Gasteiger partial charge in [0.15, 0.2) is 0 Å². The predicted molar refractivity (Wildman–Crippen MR) is 53.4 cm³/mol. The molecular weight excluding hydrogens is 179 g/mol. The molecule has 1 unspecified atom stereocenters. The molecule has 0 aliphatic heterocycles. The number of hydrogen-bond acceptors (Lipinski definition) is 1. The highest BCUT2D eigenvalue weighted by atomic mass is 19.1. The predicted octanol–water partition coefficient (Wildman–Crippen LogP) is 2.97. The standard InChI is InChI=1S/C12H15FO/c1-8-2-5-10(13)7-11(8)12(14)6-9-3-4-9/h2,5,7,9,12,14H,3-4,6H2,1H3. The average molecular weight is 194 g/mol. The van der Waals surface area contributed by atoms with E-state index in [-0.39, 0.29) is 5.82 Å². The Labute approximate surface area is 83.6 Å². The summed E-state index contributed by atoms with van der Waals surface area (Å²) in [4.78, 5) is 0. The Morgan fingerprint density at radius 2 is 2.21 bits per heavy atom. The monoisotopic (exact) mass is 194 g/mol. The van der Waals surface area contributed by atoms with E-state index in [4.69, 9.17) is 0 Å². The number of aryl methyl sites for hydroxylation is 1. The van der Waals surface area contributed by atoms with Crippen LogP contribution in [0.15, 0.2) is 18.2 Å². The van der Waals surface area contributed by atoms with E-state index in [0.717, 1.165) is 17.5 Å². The third kappa shape index (κ3) is 2.13. The van der Waals surface area contributed by atoms with Crippen LogP contribution >= 0.6 is 0 Å². The molecule has 1 aliphatic rings. The second-order valence-electron chi connectivity index (χ2n) is 4.20. The van der Waals surface area contributed by atoms with Gasteiger partial charge in [0.05, 0.1) is 6.10 Å². The number of aliphatic hydroxyl groups excluding tert-OH is 1. The third-order valence-electron chi connectivity index (χ3n) is 2.85. The molecule has 1 saturated carbocycles. The Morgan fingerprint density at radius 1 is 1.50 bits per heavy atom. The van der Waals surface area contributed by atoms with Gasteiger partial charge in [-0.2, -0.15) is 0 Å². The zero-order valence-corrected chi connectivity index (χ0v) is 8.33. The first-order valence-electron chi connectivity index (χ1n) is 5.11. The number of benzene rings is 1. The largest absolute Gasteiger partial charge is 0.388 e. The zero-order valence-electron chi connectivity index (χ0n) is 8.33. The number of aliphatic hydroxyl groups is 1. The molecule has 0 aromatic heterocycles. The van der Waals surface area contributed by atoms with Crippen molar-refractivity contribution in [3.05, 3.63) is 35.1 Å². The summed E-state index contributed by atoms with van der Waals surface area (Å²) in [6.07, 6.45) is 2.72. The first-order valence-corrected chi connectivity index (χ1v) is 5.11. The van der Waals surface area contributed by atoms with Crippen LogP contribution < -0.4 is 0 Å². The van der Waals surface area contributed by atoms with Crippen molar-refractivity contribution in [1.82, 2.24) is 0 Å². The fourth-order valence-corrected chi connectivity index (χ4v) is 1.77. The minimum absolute atomic E-state index is 0.263. The Hall–Kier alpha value is -0.890. The van der Waals surface area contributed by atoms with E-state index in [1.54, 1.807) is 6.07 Å². The smallest absolute Gasteiger partial charge is 0.123 e. The van der Waals surface area contributed by atoms with Crippen LogP contribution in [-0.2, 0) is 0 Å². The molecule has 1 aromatic carbocycles. The summed E-state index contributed by atoms with van der Waals surface area (Å²) in [5, 5.41) is 9.87. The van der Waals surface area contributed by atoms with Gasteiger partial charge in [-0.05, 0) is 42.5 Å². The fourth-order valence-electron chi connectivity index (χ4n) is 1.77. The molecule has 1 nitrogen and oxygen atoms in total. The lowest BCUT2D eigenvalue weighted by molar-refractivity contribution is 0.159. The topological polar surface area (TPSA) is 20.2 Å². The molecule has 1 atom stereocenters. The van der Waals surface area contributed by atoms with E-state index >= 15 is 0 Å². The maximum Gasteiger partial charge on any atom is 0.123 e. The van der Waals surface area contributed by atoms with Gasteiger partial charge in [0.1, 0.15) is 5.82 Å². The lowest BCUT2D eigenvalue weighted by atomic mass is 9.99. The molecule has 2 heteroatoms. The van der Waals surface area contributed by atoms with Crippen LogP contribution in [-0.4, -0.2) is 5.11 Å². The van der Waals surface area contributed by atoms with Crippen LogP contribution in [0.2, 0.25) is 0 Å². The summed E-state index contributed by atoms with van der Waals surface area (Å²) < 4.78 is 12.9. The molecule has 2 rings (SSSR count). The summed E-state index contributed by atoms with van der Waals surface area (Å²) in [6.45, 7) is 1.91. The highest BCUT2D eigenvalue weighted by Crippen LogP contribution is 2.38. The van der Waals surface area contributed by atoms with Crippen LogP contribution in [0.25, 0.3) is 0 Å². The summed E-state index contributed by atoms with van der Waals surface area (Å²) in [6, 6.07) is 4.60. The molecule has 0 radical (unpaired) electrons. The summed E-state index contributed by atoms with van der Waals surface area (Å²) in [5.41, 5.74) is 1.72. The summed E-state index contributed by atoms with van der Waals surface area (Å²) in [5.74, 6) is 0.396. The normalized spacial score (nSPS) is 18.2. The van der Waals surface area contributed by atoms with Crippen molar-refractivity contribution in [3.8, 4) is 0 Å². The number of hydrogen-bond donors (Lipinski definition) is 1. The minimum Gasteiger partial charge on any atom is -0.388 e. The Morgan fingerprint density at radius 3 is 2.86 bits per heavy atom. The fraction of sp³-hybridized carbons (Fsp3) is 0.500. The van der Waals surface area contributed by atoms with Crippen LogP contribution in [0, 0.1) is 18.7 Å². The molecule has 14 heavy (non-hydrogen) atoms. The van der Waals surface area contributed by atoms with Gasteiger partial charge in [-0.25, -0.2) is 4.39 Å². The van der Waals surface area contributed by atoms with Crippen LogP contribution in [0.5, 0.6) is 0 Å². The molecule has 0 heterocycles. The van der Waals surface area contributed by atoms with Gasteiger partial charge in [0.25, 0.3) is 0 Å². The van der Waals surface area contributed by atoms with E-state index in [0.29, 0.717) is 5.92 Å².